The van der Waals surface area contributed by atoms with Crippen molar-refractivity contribution in [3.8, 4) is 0 Å². The molecule has 2 aromatic carbocycles. The second-order valence-corrected chi connectivity index (χ2v) is 7.60. The number of rotatable bonds is 12. The average molecular weight is 386 g/mol. The van der Waals surface area contributed by atoms with Crippen molar-refractivity contribution < 1.29 is 4.48 Å². The zero-order chi connectivity index (χ0) is 19.5. The molecule has 0 saturated carbocycles. The summed E-state index contributed by atoms with van der Waals surface area (Å²) in [5.41, 5.74) is 15.4. The Bertz CT molecular complexity index is 598. The molecule has 0 bridgehead atoms. The lowest BCUT2D eigenvalue weighted by Crippen LogP contribution is -2.47. The molecule has 0 aliphatic rings. The topological polar surface area (TPSA) is 76.1 Å². The van der Waals surface area contributed by atoms with E-state index in [9.17, 15) is 0 Å². The van der Waals surface area contributed by atoms with Gasteiger partial charge in [0, 0.05) is 48.7 Å². The van der Waals surface area contributed by atoms with Crippen LogP contribution in [-0.2, 0) is 0 Å². The van der Waals surface area contributed by atoms with Crippen molar-refractivity contribution in [3.05, 3.63) is 56.0 Å². The van der Waals surface area contributed by atoms with Gasteiger partial charge in [-0.2, -0.15) is 0 Å². The quantitative estimate of drug-likeness (QED) is 0.188. The minimum absolute atomic E-state index is 0. The number of benzene rings is 2. The van der Waals surface area contributed by atoms with Crippen molar-refractivity contribution in [2.24, 2.45) is 0 Å². The Morgan fingerprint density at radius 2 is 1.11 bits per heavy atom. The molecule has 0 aromatic heterocycles. The summed E-state index contributed by atoms with van der Waals surface area (Å²) in [5.74, 6) is 0. The fourth-order valence-corrected chi connectivity index (χ4v) is 3.46. The minimum atomic E-state index is 0. The van der Waals surface area contributed by atoms with E-state index in [2.05, 4.69) is 24.6 Å². The van der Waals surface area contributed by atoms with Crippen LogP contribution in [0.4, 0.5) is 22.7 Å². The van der Waals surface area contributed by atoms with Crippen molar-refractivity contribution in [3.63, 3.8) is 0 Å². The minimum Gasteiger partial charge on any atom is -0.399 e. The number of hydrogen-bond donors (Lipinski definition) is 4. The number of nitrogens with one attached hydrogen (secondary N) is 2. The molecular formula is C23H39N5. The molecule has 6 N–H and O–H groups in total. The Kier molecular flexibility index (Phi) is 10.2. The van der Waals surface area contributed by atoms with Crippen LogP contribution in [0.15, 0.2) is 48.5 Å². The molecule has 0 saturated heterocycles. The average Bonchev–Trinajstić information content (AvgIpc) is 2.66. The van der Waals surface area contributed by atoms with Crippen LogP contribution in [0.3, 0.4) is 0 Å². The molecule has 0 radical (unpaired) electrons. The van der Waals surface area contributed by atoms with Gasteiger partial charge in [-0.15, -0.1) is 0 Å². The zero-order valence-electron chi connectivity index (χ0n) is 17.9. The molecule has 5 heteroatoms. The van der Waals surface area contributed by atoms with E-state index in [1.54, 1.807) is 0 Å². The summed E-state index contributed by atoms with van der Waals surface area (Å²) >= 11 is 0. The van der Waals surface area contributed by atoms with Gasteiger partial charge in [0.05, 0.1) is 26.7 Å². The fourth-order valence-electron chi connectivity index (χ4n) is 3.46. The highest BCUT2D eigenvalue weighted by Crippen LogP contribution is 2.13. The standard InChI is InChI=1S/C22H36N5.CH3/c1-3-16-27(2,17-4-14-25-21-10-6-19(23)7-11-21)18-5-15-26-22-12-8-20(24)9-13-22;/h6-13,25-26H,3-5,14-18,23-24H2,1-2H3;1H3/q+1;-1. The molecule has 2 aromatic rings. The lowest BCUT2D eigenvalue weighted by Gasteiger charge is -2.34. The molecule has 156 valence electrons. The van der Waals surface area contributed by atoms with E-state index in [-0.39, 0.29) is 7.43 Å². The van der Waals surface area contributed by atoms with Gasteiger partial charge in [0.2, 0.25) is 0 Å². The third-order valence-corrected chi connectivity index (χ3v) is 4.99. The highest BCUT2D eigenvalue weighted by Gasteiger charge is 2.19. The van der Waals surface area contributed by atoms with Gasteiger partial charge < -0.3 is 34.0 Å². The first-order valence-corrected chi connectivity index (χ1v) is 10.0. The van der Waals surface area contributed by atoms with Crippen LogP contribution in [0.1, 0.15) is 26.2 Å². The second kappa shape index (κ2) is 12.1. The smallest absolute Gasteiger partial charge is 0.0801 e. The Morgan fingerprint density at radius 3 is 1.46 bits per heavy atom. The van der Waals surface area contributed by atoms with Gasteiger partial charge in [-0.05, 0) is 55.0 Å². The molecule has 28 heavy (non-hydrogen) atoms. The summed E-state index contributed by atoms with van der Waals surface area (Å²) in [7, 11) is 2.38. The first-order valence-electron chi connectivity index (χ1n) is 10.0. The highest BCUT2D eigenvalue weighted by atomic mass is 15.3. The van der Waals surface area contributed by atoms with Crippen LogP contribution < -0.4 is 22.1 Å². The summed E-state index contributed by atoms with van der Waals surface area (Å²) in [4.78, 5) is 0. The number of hydrogen-bond acceptors (Lipinski definition) is 4. The number of nitrogens with zero attached hydrogens (tertiary/aromatic N) is 1. The number of nitrogens with two attached hydrogens (primary N) is 2. The van der Waals surface area contributed by atoms with Crippen LogP contribution in [0, 0.1) is 7.43 Å². The summed E-state index contributed by atoms with van der Waals surface area (Å²) in [6, 6.07) is 15.9. The summed E-state index contributed by atoms with van der Waals surface area (Å²) in [6.45, 7) is 7.87. The maximum atomic E-state index is 5.73. The molecule has 0 aliphatic carbocycles. The Labute approximate surface area is 171 Å². The van der Waals surface area contributed by atoms with Gasteiger partial charge in [-0.25, -0.2) is 0 Å². The zero-order valence-corrected chi connectivity index (χ0v) is 17.9. The third kappa shape index (κ3) is 8.53. The van der Waals surface area contributed by atoms with E-state index < -0.39 is 0 Å². The summed E-state index contributed by atoms with van der Waals surface area (Å²) in [5, 5.41) is 6.98. The van der Waals surface area contributed by atoms with Crippen molar-refractivity contribution in [2.75, 3.05) is 61.9 Å². The second-order valence-electron chi connectivity index (χ2n) is 7.60. The maximum absolute atomic E-state index is 5.73. The predicted molar refractivity (Wildman–Crippen MR) is 125 cm³/mol. The van der Waals surface area contributed by atoms with E-state index in [0.717, 1.165) is 53.2 Å². The van der Waals surface area contributed by atoms with Gasteiger partial charge >= 0.3 is 0 Å². The molecule has 0 spiro atoms. The maximum Gasteiger partial charge on any atom is 0.0801 e. The van der Waals surface area contributed by atoms with E-state index in [4.69, 9.17) is 11.5 Å². The van der Waals surface area contributed by atoms with Gasteiger partial charge in [0.1, 0.15) is 0 Å². The lowest BCUT2D eigenvalue weighted by atomic mass is 10.2. The molecule has 0 unspecified atom stereocenters. The van der Waals surface area contributed by atoms with Crippen LogP contribution in [0.25, 0.3) is 0 Å². The fraction of sp³-hybridized carbons (Fsp3) is 0.435. The van der Waals surface area contributed by atoms with E-state index in [1.165, 1.54) is 26.1 Å². The van der Waals surface area contributed by atoms with Crippen molar-refractivity contribution in [1.29, 1.82) is 0 Å². The van der Waals surface area contributed by atoms with Crippen LogP contribution in [0.5, 0.6) is 0 Å². The molecular weight excluding hydrogens is 346 g/mol. The molecule has 2 rings (SSSR count). The van der Waals surface area contributed by atoms with E-state index >= 15 is 0 Å². The normalized spacial score (nSPS) is 10.9. The Morgan fingerprint density at radius 1 is 0.714 bits per heavy atom. The van der Waals surface area contributed by atoms with E-state index in [0.29, 0.717) is 0 Å². The molecule has 5 nitrogen and oxygen atoms in total. The molecule has 0 atom stereocenters. The molecule has 0 heterocycles. The van der Waals surface area contributed by atoms with Crippen LogP contribution >= 0.6 is 0 Å². The largest absolute Gasteiger partial charge is 0.399 e. The van der Waals surface area contributed by atoms with Crippen molar-refractivity contribution in [2.45, 2.75) is 26.2 Å². The Balaban J connectivity index is 0.00000392. The number of nitrogen functional groups attached to an aromatic ring is 2. The SMILES string of the molecule is CCC[N+](C)(CCCNc1ccc(N)cc1)CCCNc1ccc(N)cc1.[CH3-]. The van der Waals surface area contributed by atoms with Crippen LogP contribution in [0.2, 0.25) is 0 Å². The van der Waals surface area contributed by atoms with Crippen molar-refractivity contribution >= 4 is 22.7 Å². The Hall–Kier alpha value is -2.40. The van der Waals surface area contributed by atoms with Gasteiger partial charge in [0.25, 0.3) is 0 Å². The highest BCUT2D eigenvalue weighted by molar-refractivity contribution is 5.51. The molecule has 0 amide bonds. The molecule has 0 aliphatic heterocycles. The summed E-state index contributed by atoms with van der Waals surface area (Å²) in [6.07, 6.45) is 3.53. The van der Waals surface area contributed by atoms with Crippen molar-refractivity contribution in [1.82, 2.24) is 0 Å². The monoisotopic (exact) mass is 385 g/mol. The van der Waals surface area contributed by atoms with Crippen LogP contribution in [-0.4, -0.2) is 44.3 Å². The number of anilines is 4. The molecule has 0 fully saturated rings. The predicted octanol–water partition coefficient (Wildman–Crippen LogP) is 4.46. The number of quaternary nitrogens is 1. The van der Waals surface area contributed by atoms with Gasteiger partial charge in [0.15, 0.2) is 0 Å². The lowest BCUT2D eigenvalue weighted by molar-refractivity contribution is -0.909. The van der Waals surface area contributed by atoms with Gasteiger partial charge in [-0.3, -0.25) is 0 Å². The van der Waals surface area contributed by atoms with E-state index in [1.807, 2.05) is 48.5 Å². The van der Waals surface area contributed by atoms with Gasteiger partial charge in [-0.1, -0.05) is 6.92 Å². The first kappa shape index (κ1) is 23.6. The third-order valence-electron chi connectivity index (χ3n) is 4.99. The summed E-state index contributed by atoms with van der Waals surface area (Å²) < 4.78 is 1.13. The first-order chi connectivity index (χ1) is 13.0.